The van der Waals surface area contributed by atoms with Gasteiger partial charge in [-0.25, -0.2) is 0 Å². The summed E-state index contributed by atoms with van der Waals surface area (Å²) >= 11 is 0. The minimum absolute atomic E-state index is 0.303. The first-order valence-corrected chi connectivity index (χ1v) is 7.45. The SMILES string of the molecule is CC1=COc2ccc([C@@H](O)[C@H](N)CN3CCCC3)cc2O1. The highest BCUT2D eigenvalue weighted by atomic mass is 16.6. The van der Waals surface area contributed by atoms with E-state index in [9.17, 15) is 5.11 Å². The molecule has 21 heavy (non-hydrogen) atoms. The zero-order chi connectivity index (χ0) is 14.8. The van der Waals surface area contributed by atoms with Gasteiger partial charge in [-0.2, -0.15) is 0 Å². The smallest absolute Gasteiger partial charge is 0.169 e. The van der Waals surface area contributed by atoms with Crippen LogP contribution < -0.4 is 15.2 Å². The van der Waals surface area contributed by atoms with E-state index in [1.165, 1.54) is 12.8 Å². The van der Waals surface area contributed by atoms with Crippen molar-refractivity contribution in [3.63, 3.8) is 0 Å². The van der Waals surface area contributed by atoms with Gasteiger partial charge in [0.1, 0.15) is 12.0 Å². The summed E-state index contributed by atoms with van der Waals surface area (Å²) in [6, 6.07) is 5.15. The molecule has 1 aromatic rings. The van der Waals surface area contributed by atoms with Crippen LogP contribution in [0.2, 0.25) is 0 Å². The van der Waals surface area contributed by atoms with E-state index in [1.54, 1.807) is 18.4 Å². The Morgan fingerprint density at radius 2 is 2.05 bits per heavy atom. The minimum atomic E-state index is -0.703. The van der Waals surface area contributed by atoms with Gasteiger partial charge in [0.15, 0.2) is 11.5 Å². The normalized spacial score (nSPS) is 21.0. The summed E-state index contributed by atoms with van der Waals surface area (Å²) < 4.78 is 11.0. The third-order valence-corrected chi connectivity index (χ3v) is 4.01. The number of hydrogen-bond donors (Lipinski definition) is 2. The molecule has 114 valence electrons. The van der Waals surface area contributed by atoms with Gasteiger partial charge < -0.3 is 25.2 Å². The van der Waals surface area contributed by atoms with Crippen molar-refractivity contribution in [1.29, 1.82) is 0 Å². The Balaban J connectivity index is 1.69. The summed E-state index contributed by atoms with van der Waals surface area (Å²) in [6.45, 7) is 4.69. The maximum absolute atomic E-state index is 10.5. The summed E-state index contributed by atoms with van der Waals surface area (Å²) in [7, 11) is 0. The van der Waals surface area contributed by atoms with Crippen molar-refractivity contribution in [2.75, 3.05) is 19.6 Å². The van der Waals surface area contributed by atoms with Gasteiger partial charge >= 0.3 is 0 Å². The summed E-state index contributed by atoms with van der Waals surface area (Å²) in [5, 5.41) is 10.5. The van der Waals surface area contributed by atoms with E-state index in [0.717, 1.165) is 18.7 Å². The molecule has 0 unspecified atom stereocenters. The van der Waals surface area contributed by atoms with Gasteiger partial charge in [-0.05, 0) is 50.6 Å². The Hall–Kier alpha value is -1.56. The first-order valence-electron chi connectivity index (χ1n) is 7.45. The molecular weight excluding hydrogens is 268 g/mol. The number of ether oxygens (including phenoxy) is 2. The van der Waals surface area contributed by atoms with Crippen LogP contribution in [0.25, 0.3) is 0 Å². The number of benzene rings is 1. The van der Waals surface area contributed by atoms with E-state index in [1.807, 2.05) is 13.0 Å². The van der Waals surface area contributed by atoms with E-state index in [-0.39, 0.29) is 6.04 Å². The van der Waals surface area contributed by atoms with Crippen LogP contribution in [0.3, 0.4) is 0 Å². The van der Waals surface area contributed by atoms with Crippen LogP contribution in [-0.2, 0) is 0 Å². The van der Waals surface area contributed by atoms with Crippen LogP contribution in [0.4, 0.5) is 0 Å². The molecule has 1 saturated heterocycles. The molecule has 0 spiro atoms. The molecular formula is C16H22N2O3. The number of nitrogens with zero attached hydrogens (tertiary/aromatic N) is 1. The van der Waals surface area contributed by atoms with Crippen molar-refractivity contribution in [2.24, 2.45) is 5.73 Å². The van der Waals surface area contributed by atoms with Crippen molar-refractivity contribution >= 4 is 0 Å². The van der Waals surface area contributed by atoms with Crippen LogP contribution in [0.1, 0.15) is 31.4 Å². The zero-order valence-corrected chi connectivity index (χ0v) is 12.3. The first-order chi connectivity index (χ1) is 10.1. The minimum Gasteiger partial charge on any atom is -0.458 e. The second kappa shape index (κ2) is 6.05. The van der Waals surface area contributed by atoms with Crippen LogP contribution in [0, 0.1) is 0 Å². The second-order valence-corrected chi connectivity index (χ2v) is 5.77. The molecule has 3 N–H and O–H groups in total. The fraction of sp³-hybridized carbons (Fsp3) is 0.500. The lowest BCUT2D eigenvalue weighted by atomic mass is 10.0. The number of rotatable bonds is 4. The monoisotopic (exact) mass is 290 g/mol. The third kappa shape index (κ3) is 3.20. The molecule has 0 aliphatic carbocycles. The molecule has 0 aromatic heterocycles. The fourth-order valence-corrected chi connectivity index (χ4v) is 2.84. The molecule has 1 aromatic carbocycles. The van der Waals surface area contributed by atoms with Gasteiger partial charge in [-0.3, -0.25) is 0 Å². The maximum atomic E-state index is 10.5. The van der Waals surface area contributed by atoms with E-state index in [4.69, 9.17) is 15.2 Å². The van der Waals surface area contributed by atoms with Gasteiger partial charge in [-0.15, -0.1) is 0 Å². The zero-order valence-electron chi connectivity index (χ0n) is 12.3. The molecule has 0 bridgehead atoms. The Kier molecular flexibility index (Phi) is 4.14. The summed E-state index contributed by atoms with van der Waals surface area (Å²) in [5.74, 6) is 1.97. The van der Waals surface area contributed by atoms with Gasteiger partial charge in [0, 0.05) is 12.6 Å². The third-order valence-electron chi connectivity index (χ3n) is 4.01. The highest BCUT2D eigenvalue weighted by molar-refractivity contribution is 5.46. The molecule has 0 saturated carbocycles. The highest BCUT2D eigenvalue weighted by Gasteiger charge is 2.23. The fourth-order valence-electron chi connectivity index (χ4n) is 2.84. The second-order valence-electron chi connectivity index (χ2n) is 5.77. The topological polar surface area (TPSA) is 68.0 Å². The number of likely N-dealkylation sites (tertiary alicyclic amines) is 1. The van der Waals surface area contributed by atoms with Crippen molar-refractivity contribution in [3.05, 3.63) is 35.8 Å². The highest BCUT2D eigenvalue weighted by Crippen LogP contribution is 2.35. The van der Waals surface area contributed by atoms with Gasteiger partial charge in [0.2, 0.25) is 0 Å². The lowest BCUT2D eigenvalue weighted by molar-refractivity contribution is 0.125. The predicted octanol–water partition coefficient (Wildman–Crippen LogP) is 1.78. The van der Waals surface area contributed by atoms with Crippen LogP contribution in [0.15, 0.2) is 30.2 Å². The van der Waals surface area contributed by atoms with Gasteiger partial charge in [0.25, 0.3) is 0 Å². The molecule has 1 fully saturated rings. The Morgan fingerprint density at radius 3 is 2.81 bits per heavy atom. The van der Waals surface area contributed by atoms with Crippen molar-refractivity contribution in [3.8, 4) is 11.5 Å². The Morgan fingerprint density at radius 1 is 1.29 bits per heavy atom. The predicted molar refractivity (Wildman–Crippen MR) is 80.1 cm³/mol. The van der Waals surface area contributed by atoms with Crippen LogP contribution >= 0.6 is 0 Å². The van der Waals surface area contributed by atoms with Crippen molar-refractivity contribution < 1.29 is 14.6 Å². The molecule has 2 atom stereocenters. The van der Waals surface area contributed by atoms with Gasteiger partial charge in [0.05, 0.1) is 6.10 Å². The largest absolute Gasteiger partial charge is 0.458 e. The van der Waals surface area contributed by atoms with Crippen molar-refractivity contribution in [2.45, 2.75) is 31.9 Å². The van der Waals surface area contributed by atoms with Crippen LogP contribution in [0.5, 0.6) is 11.5 Å². The van der Waals surface area contributed by atoms with E-state index >= 15 is 0 Å². The summed E-state index contributed by atoms with van der Waals surface area (Å²) in [6.07, 6.45) is 3.31. The molecule has 2 heterocycles. The number of hydrogen-bond acceptors (Lipinski definition) is 5. The number of aliphatic hydroxyl groups excluding tert-OH is 1. The van der Waals surface area contributed by atoms with E-state index in [2.05, 4.69) is 4.90 Å². The average Bonchev–Trinajstić information content (AvgIpc) is 2.98. The lowest BCUT2D eigenvalue weighted by Crippen LogP contribution is -2.40. The molecule has 2 aliphatic rings. The number of aliphatic hydroxyl groups is 1. The summed E-state index contributed by atoms with van der Waals surface area (Å²) in [5.41, 5.74) is 6.92. The maximum Gasteiger partial charge on any atom is 0.169 e. The lowest BCUT2D eigenvalue weighted by Gasteiger charge is -2.25. The molecule has 0 amide bonds. The van der Waals surface area contributed by atoms with Crippen LogP contribution in [-0.4, -0.2) is 35.7 Å². The van der Waals surface area contributed by atoms with E-state index in [0.29, 0.717) is 23.8 Å². The average molecular weight is 290 g/mol. The van der Waals surface area contributed by atoms with E-state index < -0.39 is 6.10 Å². The summed E-state index contributed by atoms with van der Waals surface area (Å²) in [4.78, 5) is 2.30. The Labute approximate surface area is 125 Å². The van der Waals surface area contributed by atoms with Crippen molar-refractivity contribution in [1.82, 2.24) is 4.90 Å². The Bertz CT molecular complexity index is 538. The first kappa shape index (κ1) is 14.4. The molecule has 2 aliphatic heterocycles. The quantitative estimate of drug-likeness (QED) is 0.884. The number of fused-ring (bicyclic) bond motifs is 1. The molecule has 5 nitrogen and oxygen atoms in total. The molecule has 5 heteroatoms. The van der Waals surface area contributed by atoms with Gasteiger partial charge in [-0.1, -0.05) is 6.07 Å². The molecule has 3 rings (SSSR count). The number of allylic oxidation sites excluding steroid dienone is 1. The number of nitrogens with two attached hydrogens (primary N) is 1. The molecule has 0 radical (unpaired) electrons. The standard InChI is InChI=1S/C16H22N2O3/c1-11-10-20-14-5-4-12(8-15(14)21-11)16(19)13(17)9-18-6-2-3-7-18/h4-5,8,10,13,16,19H,2-3,6-7,9,17H2,1H3/t13-,16-/m1/s1.